The number of ether oxygens (including phenoxy) is 1. The van der Waals surface area contributed by atoms with Crippen LogP contribution in [-0.2, 0) is 13.1 Å². The van der Waals surface area contributed by atoms with Crippen molar-refractivity contribution in [3.63, 3.8) is 0 Å². The van der Waals surface area contributed by atoms with Crippen molar-refractivity contribution in [1.29, 1.82) is 0 Å². The first-order valence-corrected chi connectivity index (χ1v) is 10.3. The van der Waals surface area contributed by atoms with E-state index in [9.17, 15) is 0 Å². The lowest BCUT2D eigenvalue weighted by molar-refractivity contribution is 0.0694. The Hall–Kier alpha value is -2.55. The number of nitrogens with one attached hydrogen (secondary N) is 2. The molecule has 2 heterocycles. The lowest BCUT2D eigenvalue weighted by atomic mass is 9.90. The first-order chi connectivity index (χ1) is 14.5. The number of hydrogen-bond acceptors (Lipinski definition) is 3. The van der Waals surface area contributed by atoms with E-state index in [0.717, 1.165) is 35.8 Å². The first kappa shape index (κ1) is 23.1. The Balaban J connectivity index is 0.00000272. The molecule has 4 rings (SSSR count). The van der Waals surface area contributed by atoms with Crippen LogP contribution in [0.2, 0.25) is 0 Å². The fourth-order valence-corrected chi connectivity index (χ4v) is 3.83. The van der Waals surface area contributed by atoms with Gasteiger partial charge in [-0.2, -0.15) is 5.10 Å². The van der Waals surface area contributed by atoms with Gasteiger partial charge in [0.2, 0.25) is 0 Å². The molecule has 2 N–H and O–H groups in total. The molecule has 7 heteroatoms. The van der Waals surface area contributed by atoms with E-state index in [1.54, 1.807) is 7.05 Å². The molecule has 0 saturated heterocycles. The lowest BCUT2D eigenvalue weighted by Gasteiger charge is -2.38. The van der Waals surface area contributed by atoms with Gasteiger partial charge in [0, 0.05) is 37.3 Å². The molecular formula is C24H30IN5O. The van der Waals surface area contributed by atoms with Crippen molar-refractivity contribution < 1.29 is 4.74 Å². The predicted molar refractivity (Wildman–Crippen MR) is 135 cm³/mol. The quantitative estimate of drug-likeness (QED) is 0.289. The van der Waals surface area contributed by atoms with Crippen molar-refractivity contribution in [1.82, 2.24) is 20.4 Å². The molecule has 0 fully saturated rings. The van der Waals surface area contributed by atoms with Gasteiger partial charge in [-0.15, -0.1) is 24.0 Å². The fourth-order valence-electron chi connectivity index (χ4n) is 3.83. The van der Waals surface area contributed by atoms with Crippen LogP contribution < -0.4 is 15.4 Å². The zero-order valence-corrected chi connectivity index (χ0v) is 20.5. The summed E-state index contributed by atoms with van der Waals surface area (Å²) >= 11 is 0. The average Bonchev–Trinajstić information content (AvgIpc) is 3.18. The van der Waals surface area contributed by atoms with Crippen LogP contribution in [0.3, 0.4) is 0 Å². The standard InChI is InChI=1S/C24H29N5O.HI/c1-24(2)13-21(20-11-7-8-12-22(20)30-24)28-23(25-3)26-14-19-15-27-29(17-19)16-18-9-5-4-6-10-18;/h4-12,15,17,21H,13-14,16H2,1-3H3,(H2,25,26,28);1H. The van der Waals surface area contributed by atoms with Crippen molar-refractivity contribution in [2.45, 2.75) is 45.0 Å². The summed E-state index contributed by atoms with van der Waals surface area (Å²) in [5.41, 5.74) is 3.28. The summed E-state index contributed by atoms with van der Waals surface area (Å²) in [5, 5.41) is 11.5. The molecule has 0 saturated carbocycles. The van der Waals surface area contributed by atoms with Gasteiger partial charge in [0.25, 0.3) is 0 Å². The summed E-state index contributed by atoms with van der Waals surface area (Å²) < 4.78 is 8.09. The van der Waals surface area contributed by atoms with Crippen LogP contribution in [0.5, 0.6) is 5.75 Å². The Morgan fingerprint density at radius 1 is 1.13 bits per heavy atom. The maximum absolute atomic E-state index is 6.13. The summed E-state index contributed by atoms with van der Waals surface area (Å²) in [6.07, 6.45) is 4.83. The van der Waals surface area contributed by atoms with Gasteiger partial charge in [-0.1, -0.05) is 48.5 Å². The summed E-state index contributed by atoms with van der Waals surface area (Å²) in [4.78, 5) is 4.42. The predicted octanol–water partition coefficient (Wildman–Crippen LogP) is 4.52. The minimum Gasteiger partial charge on any atom is -0.487 e. The third-order valence-corrected chi connectivity index (χ3v) is 5.25. The van der Waals surface area contributed by atoms with E-state index >= 15 is 0 Å². The Morgan fingerprint density at radius 2 is 1.87 bits per heavy atom. The van der Waals surface area contributed by atoms with Crippen molar-refractivity contribution in [3.8, 4) is 5.75 Å². The van der Waals surface area contributed by atoms with Crippen molar-refractivity contribution in [2.75, 3.05) is 7.05 Å². The van der Waals surface area contributed by atoms with Crippen LogP contribution in [0.15, 0.2) is 72.0 Å². The molecule has 0 aliphatic carbocycles. The SMILES string of the molecule is CN=C(NCc1cnn(Cc2ccccc2)c1)NC1CC(C)(C)Oc2ccccc21.I. The molecule has 0 radical (unpaired) electrons. The van der Waals surface area contributed by atoms with Gasteiger partial charge >= 0.3 is 0 Å². The van der Waals surface area contributed by atoms with E-state index in [2.05, 4.69) is 59.0 Å². The van der Waals surface area contributed by atoms with E-state index in [4.69, 9.17) is 4.74 Å². The number of benzene rings is 2. The second kappa shape index (κ2) is 10.2. The normalized spacial score (nSPS) is 17.1. The summed E-state index contributed by atoms with van der Waals surface area (Å²) in [6, 6.07) is 18.7. The van der Waals surface area contributed by atoms with Crippen molar-refractivity contribution in [2.24, 2.45) is 4.99 Å². The number of para-hydroxylation sites is 1. The Bertz CT molecular complexity index is 1020. The zero-order chi connectivity index (χ0) is 21.0. The van der Waals surface area contributed by atoms with Crippen LogP contribution in [0.4, 0.5) is 0 Å². The number of aliphatic imine (C=N–C) groups is 1. The van der Waals surface area contributed by atoms with Gasteiger partial charge in [0.15, 0.2) is 5.96 Å². The van der Waals surface area contributed by atoms with E-state index in [0.29, 0.717) is 6.54 Å². The van der Waals surface area contributed by atoms with E-state index in [1.165, 1.54) is 5.56 Å². The lowest BCUT2D eigenvalue weighted by Crippen LogP contribution is -2.45. The fraction of sp³-hybridized carbons (Fsp3) is 0.333. The van der Waals surface area contributed by atoms with Crippen LogP contribution in [0.25, 0.3) is 0 Å². The molecule has 1 unspecified atom stereocenters. The molecule has 0 spiro atoms. The molecule has 31 heavy (non-hydrogen) atoms. The highest BCUT2D eigenvalue weighted by Crippen LogP contribution is 2.39. The maximum atomic E-state index is 6.13. The molecule has 0 bridgehead atoms. The monoisotopic (exact) mass is 531 g/mol. The Kier molecular flexibility index (Phi) is 7.59. The van der Waals surface area contributed by atoms with Crippen molar-refractivity contribution >= 4 is 29.9 Å². The number of rotatable bonds is 5. The number of hydrogen-bond donors (Lipinski definition) is 2. The zero-order valence-electron chi connectivity index (χ0n) is 18.2. The highest BCUT2D eigenvalue weighted by Gasteiger charge is 2.33. The average molecular weight is 531 g/mol. The van der Waals surface area contributed by atoms with E-state index in [-0.39, 0.29) is 35.6 Å². The Morgan fingerprint density at radius 3 is 2.65 bits per heavy atom. The highest BCUT2D eigenvalue weighted by molar-refractivity contribution is 14.0. The van der Waals surface area contributed by atoms with Gasteiger partial charge in [-0.3, -0.25) is 9.67 Å². The second-order valence-electron chi connectivity index (χ2n) is 8.26. The third-order valence-electron chi connectivity index (χ3n) is 5.25. The topological polar surface area (TPSA) is 63.5 Å². The molecule has 1 atom stereocenters. The number of fused-ring (bicyclic) bond motifs is 1. The summed E-state index contributed by atoms with van der Waals surface area (Å²) in [7, 11) is 1.80. The molecule has 1 aromatic heterocycles. The highest BCUT2D eigenvalue weighted by atomic mass is 127. The number of halogens is 1. The van der Waals surface area contributed by atoms with E-state index < -0.39 is 0 Å². The van der Waals surface area contributed by atoms with Gasteiger partial charge in [0.1, 0.15) is 11.4 Å². The minimum atomic E-state index is -0.233. The van der Waals surface area contributed by atoms with Crippen LogP contribution in [-0.4, -0.2) is 28.4 Å². The summed E-state index contributed by atoms with van der Waals surface area (Å²) in [6.45, 7) is 5.66. The molecule has 1 aliphatic rings. The second-order valence-corrected chi connectivity index (χ2v) is 8.26. The third kappa shape index (κ3) is 6.00. The molecule has 0 amide bonds. The molecule has 6 nitrogen and oxygen atoms in total. The van der Waals surface area contributed by atoms with Gasteiger partial charge in [0.05, 0.1) is 18.8 Å². The molecular weight excluding hydrogens is 501 g/mol. The summed E-state index contributed by atoms with van der Waals surface area (Å²) in [5.74, 6) is 1.70. The van der Waals surface area contributed by atoms with Crippen molar-refractivity contribution in [3.05, 3.63) is 83.7 Å². The van der Waals surface area contributed by atoms with E-state index in [1.807, 2.05) is 47.3 Å². The molecule has 3 aromatic rings. The van der Waals surface area contributed by atoms with Gasteiger partial charge in [-0.25, -0.2) is 0 Å². The first-order valence-electron chi connectivity index (χ1n) is 10.3. The maximum Gasteiger partial charge on any atom is 0.191 e. The van der Waals surface area contributed by atoms with Crippen LogP contribution >= 0.6 is 24.0 Å². The van der Waals surface area contributed by atoms with Crippen LogP contribution in [0.1, 0.15) is 43.0 Å². The molecule has 1 aliphatic heterocycles. The van der Waals surface area contributed by atoms with Crippen LogP contribution in [0, 0.1) is 0 Å². The molecule has 2 aromatic carbocycles. The largest absolute Gasteiger partial charge is 0.487 e. The minimum absolute atomic E-state index is 0. The smallest absolute Gasteiger partial charge is 0.191 e. The Labute approximate surface area is 201 Å². The number of nitrogens with zero attached hydrogens (tertiary/aromatic N) is 3. The number of guanidine groups is 1. The number of aromatic nitrogens is 2. The van der Waals surface area contributed by atoms with Gasteiger partial charge in [-0.05, 0) is 25.5 Å². The molecule has 164 valence electrons. The van der Waals surface area contributed by atoms with Gasteiger partial charge < -0.3 is 15.4 Å².